The number of aromatic nitrogens is 3. The molecular weight excluding hydrogens is 194 g/mol. The van der Waals surface area contributed by atoms with E-state index in [1.54, 1.807) is 15.3 Å². The SMILES string of the molecule is Cn1ccn2nc(C3CC3)c(C(=O)O)c12. The molecular formula is C10H11N3O2. The van der Waals surface area contributed by atoms with E-state index in [4.69, 9.17) is 0 Å². The first-order chi connectivity index (χ1) is 7.18. The van der Waals surface area contributed by atoms with E-state index >= 15 is 0 Å². The Balaban J connectivity index is 2.34. The molecule has 2 heterocycles. The van der Waals surface area contributed by atoms with Gasteiger partial charge in [-0.05, 0) is 12.8 Å². The molecule has 0 radical (unpaired) electrons. The fraction of sp³-hybridized carbons (Fsp3) is 0.400. The minimum absolute atomic E-state index is 0.357. The fourth-order valence-electron chi connectivity index (χ4n) is 1.97. The summed E-state index contributed by atoms with van der Waals surface area (Å²) in [7, 11) is 1.83. The second kappa shape index (κ2) is 2.62. The van der Waals surface area contributed by atoms with Crippen molar-refractivity contribution in [1.82, 2.24) is 14.2 Å². The smallest absolute Gasteiger partial charge is 0.341 e. The largest absolute Gasteiger partial charge is 0.477 e. The van der Waals surface area contributed by atoms with Gasteiger partial charge in [-0.15, -0.1) is 0 Å². The molecule has 0 saturated heterocycles. The van der Waals surface area contributed by atoms with E-state index in [9.17, 15) is 9.90 Å². The molecule has 1 aliphatic carbocycles. The Bertz CT molecular complexity index is 548. The molecule has 1 N–H and O–H groups in total. The Morgan fingerprint density at radius 1 is 1.53 bits per heavy atom. The Morgan fingerprint density at radius 2 is 2.27 bits per heavy atom. The minimum atomic E-state index is -0.881. The van der Waals surface area contributed by atoms with Gasteiger partial charge in [-0.2, -0.15) is 5.10 Å². The van der Waals surface area contributed by atoms with Crippen LogP contribution in [0.15, 0.2) is 12.4 Å². The van der Waals surface area contributed by atoms with E-state index in [-0.39, 0.29) is 0 Å². The highest BCUT2D eigenvalue weighted by atomic mass is 16.4. The van der Waals surface area contributed by atoms with Crippen molar-refractivity contribution >= 4 is 11.6 Å². The molecule has 0 unspecified atom stereocenters. The monoisotopic (exact) mass is 205 g/mol. The van der Waals surface area contributed by atoms with Crippen LogP contribution in [0.25, 0.3) is 5.65 Å². The third kappa shape index (κ3) is 1.09. The maximum Gasteiger partial charge on any atom is 0.341 e. The summed E-state index contributed by atoms with van der Waals surface area (Å²) < 4.78 is 3.44. The lowest BCUT2D eigenvalue weighted by molar-refractivity contribution is 0.0697. The molecule has 3 rings (SSSR count). The lowest BCUT2D eigenvalue weighted by Crippen LogP contribution is -2.02. The van der Waals surface area contributed by atoms with Crippen LogP contribution in [0, 0.1) is 0 Å². The number of fused-ring (bicyclic) bond motifs is 1. The number of imidazole rings is 1. The van der Waals surface area contributed by atoms with Crippen LogP contribution in [0.5, 0.6) is 0 Å². The number of carboxylic acids is 1. The number of aromatic carboxylic acids is 1. The van der Waals surface area contributed by atoms with Crippen LogP contribution in [0.1, 0.15) is 34.8 Å². The van der Waals surface area contributed by atoms with Crippen LogP contribution in [-0.4, -0.2) is 25.3 Å². The summed E-state index contributed by atoms with van der Waals surface area (Å²) >= 11 is 0. The third-order valence-corrected chi connectivity index (χ3v) is 2.86. The van der Waals surface area contributed by atoms with Crippen molar-refractivity contribution in [2.24, 2.45) is 7.05 Å². The van der Waals surface area contributed by atoms with Crippen LogP contribution >= 0.6 is 0 Å². The Kier molecular flexibility index (Phi) is 1.49. The van der Waals surface area contributed by atoms with Gasteiger partial charge in [0.25, 0.3) is 0 Å². The van der Waals surface area contributed by atoms with Gasteiger partial charge in [0.05, 0.1) is 5.69 Å². The van der Waals surface area contributed by atoms with Crippen molar-refractivity contribution in [1.29, 1.82) is 0 Å². The number of rotatable bonds is 2. The van der Waals surface area contributed by atoms with E-state index in [1.807, 2.05) is 13.2 Å². The molecule has 0 aromatic carbocycles. The second-order valence-electron chi connectivity index (χ2n) is 4.02. The Labute approximate surface area is 85.9 Å². The average Bonchev–Trinajstić information content (AvgIpc) is 2.86. The molecule has 2 aromatic heterocycles. The van der Waals surface area contributed by atoms with Crippen molar-refractivity contribution in [2.45, 2.75) is 18.8 Å². The lowest BCUT2D eigenvalue weighted by atomic mass is 10.2. The zero-order chi connectivity index (χ0) is 10.6. The standard InChI is InChI=1S/C10H11N3O2/c1-12-4-5-13-9(12)7(10(14)15)8(11-13)6-2-3-6/h4-6H,2-3H2,1H3,(H,14,15). The van der Waals surface area contributed by atoms with E-state index in [0.717, 1.165) is 18.5 Å². The molecule has 0 spiro atoms. The number of hydrogen-bond donors (Lipinski definition) is 1. The van der Waals surface area contributed by atoms with Crippen LogP contribution in [0.3, 0.4) is 0 Å². The first-order valence-corrected chi connectivity index (χ1v) is 4.95. The highest BCUT2D eigenvalue weighted by Crippen LogP contribution is 2.41. The van der Waals surface area contributed by atoms with Crippen molar-refractivity contribution in [3.8, 4) is 0 Å². The molecule has 2 aromatic rings. The molecule has 15 heavy (non-hydrogen) atoms. The van der Waals surface area contributed by atoms with Gasteiger partial charge >= 0.3 is 5.97 Å². The van der Waals surface area contributed by atoms with Gasteiger partial charge in [-0.25, -0.2) is 9.31 Å². The maximum atomic E-state index is 11.2. The highest BCUT2D eigenvalue weighted by Gasteiger charge is 2.33. The van der Waals surface area contributed by atoms with Crippen molar-refractivity contribution < 1.29 is 9.90 Å². The summed E-state index contributed by atoms with van der Waals surface area (Å²) in [5.41, 5.74) is 1.78. The molecule has 0 aliphatic heterocycles. The Morgan fingerprint density at radius 3 is 2.87 bits per heavy atom. The quantitative estimate of drug-likeness (QED) is 0.802. The molecule has 5 heteroatoms. The fourth-order valence-corrected chi connectivity index (χ4v) is 1.97. The summed E-state index contributed by atoms with van der Waals surface area (Å²) in [5, 5.41) is 13.5. The number of carbonyl (C=O) groups is 1. The van der Waals surface area contributed by atoms with Crippen LogP contribution in [0.4, 0.5) is 0 Å². The van der Waals surface area contributed by atoms with Gasteiger partial charge in [0.2, 0.25) is 0 Å². The second-order valence-corrected chi connectivity index (χ2v) is 4.02. The molecule has 1 aliphatic rings. The summed E-state index contributed by atoms with van der Waals surface area (Å²) in [6, 6.07) is 0. The minimum Gasteiger partial charge on any atom is -0.477 e. The van der Waals surface area contributed by atoms with Gasteiger partial charge in [-0.3, -0.25) is 0 Å². The normalized spacial score (nSPS) is 16.1. The van der Waals surface area contributed by atoms with Gasteiger partial charge in [-0.1, -0.05) is 0 Å². The zero-order valence-electron chi connectivity index (χ0n) is 8.34. The maximum absolute atomic E-state index is 11.2. The first kappa shape index (κ1) is 8.52. The van der Waals surface area contributed by atoms with Gasteiger partial charge in [0.1, 0.15) is 5.56 Å². The van der Waals surface area contributed by atoms with E-state index < -0.39 is 5.97 Å². The molecule has 5 nitrogen and oxygen atoms in total. The van der Waals surface area contributed by atoms with Gasteiger partial charge in [0.15, 0.2) is 5.65 Å². The summed E-state index contributed by atoms with van der Waals surface area (Å²) in [5.74, 6) is -0.523. The lowest BCUT2D eigenvalue weighted by Gasteiger charge is -1.96. The average molecular weight is 205 g/mol. The number of hydrogen-bond acceptors (Lipinski definition) is 2. The van der Waals surface area contributed by atoms with Crippen LogP contribution < -0.4 is 0 Å². The predicted octanol–water partition coefficient (Wildman–Crippen LogP) is 1.25. The first-order valence-electron chi connectivity index (χ1n) is 4.95. The molecule has 1 saturated carbocycles. The summed E-state index contributed by atoms with van der Waals surface area (Å²) in [6.07, 6.45) is 5.72. The van der Waals surface area contributed by atoms with Crippen molar-refractivity contribution in [3.05, 3.63) is 23.7 Å². The van der Waals surface area contributed by atoms with Crippen LogP contribution in [0.2, 0.25) is 0 Å². The van der Waals surface area contributed by atoms with Crippen molar-refractivity contribution in [2.75, 3.05) is 0 Å². The van der Waals surface area contributed by atoms with Crippen molar-refractivity contribution in [3.63, 3.8) is 0 Å². The zero-order valence-corrected chi connectivity index (χ0v) is 8.34. The van der Waals surface area contributed by atoms with Gasteiger partial charge < -0.3 is 9.67 Å². The van der Waals surface area contributed by atoms with Crippen LogP contribution in [-0.2, 0) is 7.05 Å². The molecule has 1 fully saturated rings. The third-order valence-electron chi connectivity index (χ3n) is 2.86. The molecule has 78 valence electrons. The molecule has 0 amide bonds. The molecule has 0 atom stereocenters. The molecule has 0 bridgehead atoms. The topological polar surface area (TPSA) is 59.5 Å². The number of nitrogens with zero attached hydrogens (tertiary/aromatic N) is 3. The van der Waals surface area contributed by atoms with E-state index in [2.05, 4.69) is 5.10 Å². The number of aryl methyl sites for hydroxylation is 1. The van der Waals surface area contributed by atoms with E-state index in [0.29, 0.717) is 17.1 Å². The van der Waals surface area contributed by atoms with E-state index in [1.165, 1.54) is 0 Å². The summed E-state index contributed by atoms with van der Waals surface area (Å²) in [4.78, 5) is 11.2. The number of carboxylic acid groups (broad SMARTS) is 1. The van der Waals surface area contributed by atoms with Gasteiger partial charge in [0, 0.05) is 25.4 Å². The summed E-state index contributed by atoms with van der Waals surface area (Å²) in [6.45, 7) is 0. The highest BCUT2D eigenvalue weighted by molar-refractivity contribution is 5.96. The predicted molar refractivity (Wildman–Crippen MR) is 53.1 cm³/mol. The Hall–Kier alpha value is -1.78.